The van der Waals surface area contributed by atoms with Crippen LogP contribution < -0.4 is 11.1 Å². The highest BCUT2D eigenvalue weighted by Gasteiger charge is 2.24. The number of carboxylic acids is 1. The van der Waals surface area contributed by atoms with E-state index in [1.807, 2.05) is 0 Å². The van der Waals surface area contributed by atoms with Gasteiger partial charge in [-0.1, -0.05) is 0 Å². The van der Waals surface area contributed by atoms with E-state index in [9.17, 15) is 19.7 Å². The molecule has 0 aliphatic carbocycles. The lowest BCUT2D eigenvalue weighted by molar-refractivity contribution is -0.384. The van der Waals surface area contributed by atoms with E-state index in [-0.39, 0.29) is 29.8 Å². The number of primary amides is 1. The van der Waals surface area contributed by atoms with Crippen molar-refractivity contribution in [2.45, 2.75) is 32.2 Å². The van der Waals surface area contributed by atoms with E-state index in [1.54, 1.807) is 13.8 Å². The molecular weight excluding hydrogens is 278 g/mol. The number of amides is 1. The fourth-order valence-corrected chi connectivity index (χ4v) is 1.80. The monoisotopic (exact) mass is 295 g/mol. The zero-order valence-corrected chi connectivity index (χ0v) is 11.8. The number of rotatable bonds is 7. The zero-order chi connectivity index (χ0) is 16.2. The normalized spacial score (nSPS) is 11.0. The molecule has 0 aliphatic heterocycles. The van der Waals surface area contributed by atoms with Crippen LogP contribution >= 0.6 is 0 Å². The number of anilines is 1. The molecule has 1 aromatic rings. The van der Waals surface area contributed by atoms with E-state index in [4.69, 9.17) is 10.8 Å². The topological polar surface area (TPSA) is 136 Å². The summed E-state index contributed by atoms with van der Waals surface area (Å²) in [5.74, 6) is -1.65. The number of carbonyl (C=O) groups is 2. The number of nitrogens with zero attached hydrogens (tertiary/aromatic N) is 1. The first-order valence-corrected chi connectivity index (χ1v) is 6.20. The summed E-state index contributed by atoms with van der Waals surface area (Å²) in [5, 5.41) is 22.6. The largest absolute Gasteiger partial charge is 0.481 e. The first-order chi connectivity index (χ1) is 9.62. The zero-order valence-electron chi connectivity index (χ0n) is 11.8. The minimum absolute atomic E-state index is 0.0801. The van der Waals surface area contributed by atoms with E-state index in [2.05, 4.69) is 5.32 Å². The van der Waals surface area contributed by atoms with Crippen molar-refractivity contribution in [3.8, 4) is 0 Å². The van der Waals surface area contributed by atoms with Gasteiger partial charge < -0.3 is 16.2 Å². The van der Waals surface area contributed by atoms with Crippen LogP contribution in [0.15, 0.2) is 18.2 Å². The summed E-state index contributed by atoms with van der Waals surface area (Å²) in [6.07, 6.45) is 0.184. The SMILES string of the molecule is CC(C)(CCC(=O)O)Nc1cc(C(N)=O)ccc1[N+](=O)[O-]. The molecule has 0 aliphatic rings. The Morgan fingerprint density at radius 3 is 2.52 bits per heavy atom. The van der Waals surface area contributed by atoms with Gasteiger partial charge in [0.2, 0.25) is 5.91 Å². The summed E-state index contributed by atoms with van der Waals surface area (Å²) < 4.78 is 0. The smallest absolute Gasteiger partial charge is 0.303 e. The van der Waals surface area contributed by atoms with Crippen molar-refractivity contribution in [1.82, 2.24) is 0 Å². The van der Waals surface area contributed by atoms with Crippen LogP contribution in [0.5, 0.6) is 0 Å². The van der Waals surface area contributed by atoms with Gasteiger partial charge in [0.1, 0.15) is 5.69 Å². The Morgan fingerprint density at radius 2 is 2.05 bits per heavy atom. The molecule has 0 fully saturated rings. The predicted molar refractivity (Wildman–Crippen MR) is 76.2 cm³/mol. The second-order valence-electron chi connectivity index (χ2n) is 5.26. The Morgan fingerprint density at radius 1 is 1.43 bits per heavy atom. The highest BCUT2D eigenvalue weighted by Crippen LogP contribution is 2.29. The molecular formula is C13H17N3O5. The van der Waals surface area contributed by atoms with E-state index >= 15 is 0 Å². The molecule has 0 aromatic heterocycles. The van der Waals surface area contributed by atoms with Gasteiger partial charge in [0.05, 0.1) is 4.92 Å². The van der Waals surface area contributed by atoms with Crippen LogP contribution in [0.4, 0.5) is 11.4 Å². The highest BCUT2D eigenvalue weighted by molar-refractivity contribution is 5.94. The predicted octanol–water partition coefficient (Wildman–Crippen LogP) is 1.75. The molecule has 0 saturated carbocycles. The van der Waals surface area contributed by atoms with Gasteiger partial charge >= 0.3 is 5.97 Å². The summed E-state index contributed by atoms with van der Waals surface area (Å²) in [5.41, 5.74) is 4.52. The van der Waals surface area contributed by atoms with Crippen molar-refractivity contribution in [3.63, 3.8) is 0 Å². The van der Waals surface area contributed by atoms with Gasteiger partial charge in [-0.3, -0.25) is 19.7 Å². The second-order valence-corrected chi connectivity index (χ2v) is 5.26. The molecule has 0 atom stereocenters. The van der Waals surface area contributed by atoms with Crippen molar-refractivity contribution in [2.24, 2.45) is 5.73 Å². The molecule has 0 heterocycles. The molecule has 0 radical (unpaired) electrons. The number of aliphatic carboxylic acids is 1. The molecule has 0 saturated heterocycles. The Kier molecular flexibility index (Phi) is 4.85. The molecule has 8 nitrogen and oxygen atoms in total. The molecule has 21 heavy (non-hydrogen) atoms. The fraction of sp³-hybridized carbons (Fsp3) is 0.385. The van der Waals surface area contributed by atoms with Crippen molar-refractivity contribution in [1.29, 1.82) is 0 Å². The number of carbonyl (C=O) groups excluding carboxylic acids is 1. The Balaban J connectivity index is 3.08. The lowest BCUT2D eigenvalue weighted by Crippen LogP contribution is -2.32. The average Bonchev–Trinajstić information content (AvgIpc) is 2.35. The lowest BCUT2D eigenvalue weighted by Gasteiger charge is -2.27. The van der Waals surface area contributed by atoms with Crippen molar-refractivity contribution in [2.75, 3.05) is 5.32 Å². The third-order valence-electron chi connectivity index (χ3n) is 2.91. The maximum absolute atomic E-state index is 11.2. The van der Waals surface area contributed by atoms with Gasteiger partial charge in [0, 0.05) is 23.6 Å². The number of nitrogens with one attached hydrogen (secondary N) is 1. The van der Waals surface area contributed by atoms with E-state index in [0.29, 0.717) is 0 Å². The quantitative estimate of drug-likeness (QED) is 0.518. The van der Waals surface area contributed by atoms with Crippen LogP contribution in [-0.4, -0.2) is 27.4 Å². The number of benzene rings is 1. The van der Waals surface area contributed by atoms with Gasteiger partial charge in [-0.05, 0) is 32.4 Å². The van der Waals surface area contributed by atoms with Crippen LogP contribution in [0.3, 0.4) is 0 Å². The Labute approximate surface area is 121 Å². The highest BCUT2D eigenvalue weighted by atomic mass is 16.6. The van der Waals surface area contributed by atoms with Crippen LogP contribution in [-0.2, 0) is 4.79 Å². The second kappa shape index (κ2) is 6.21. The molecule has 0 bridgehead atoms. The lowest BCUT2D eigenvalue weighted by atomic mass is 9.97. The van der Waals surface area contributed by atoms with Crippen LogP contribution in [0.25, 0.3) is 0 Å². The first-order valence-electron chi connectivity index (χ1n) is 6.20. The van der Waals surface area contributed by atoms with Gasteiger partial charge in [-0.25, -0.2) is 0 Å². The van der Waals surface area contributed by atoms with E-state index in [1.165, 1.54) is 18.2 Å². The molecule has 8 heteroatoms. The Bertz CT molecular complexity index is 583. The number of nitro groups is 1. The summed E-state index contributed by atoms with van der Waals surface area (Å²) >= 11 is 0. The molecule has 114 valence electrons. The third kappa shape index (κ3) is 4.75. The maximum Gasteiger partial charge on any atom is 0.303 e. The molecule has 0 unspecified atom stereocenters. The minimum Gasteiger partial charge on any atom is -0.481 e. The molecule has 1 amide bonds. The van der Waals surface area contributed by atoms with Gasteiger partial charge in [-0.15, -0.1) is 0 Å². The van der Waals surface area contributed by atoms with Gasteiger partial charge in [-0.2, -0.15) is 0 Å². The number of nitro benzene ring substituents is 1. The fourth-order valence-electron chi connectivity index (χ4n) is 1.80. The Hall–Kier alpha value is -2.64. The summed E-state index contributed by atoms with van der Waals surface area (Å²) in [7, 11) is 0. The molecule has 0 spiro atoms. The molecule has 1 aromatic carbocycles. The summed E-state index contributed by atoms with van der Waals surface area (Å²) in [6, 6.07) is 3.76. The van der Waals surface area contributed by atoms with E-state index in [0.717, 1.165) is 0 Å². The van der Waals surface area contributed by atoms with Crippen LogP contribution in [0, 0.1) is 10.1 Å². The maximum atomic E-state index is 11.2. The summed E-state index contributed by atoms with van der Waals surface area (Å²) in [6.45, 7) is 3.44. The molecule has 4 N–H and O–H groups in total. The van der Waals surface area contributed by atoms with Crippen molar-refractivity contribution < 1.29 is 19.6 Å². The standard InChI is InChI=1S/C13H17N3O5/c1-13(2,6-5-11(17)18)15-9-7-8(12(14)19)3-4-10(9)16(20)21/h3-4,7,15H,5-6H2,1-2H3,(H2,14,19)(H,17,18). The number of hydrogen-bond donors (Lipinski definition) is 3. The first kappa shape index (κ1) is 16.4. The van der Waals surface area contributed by atoms with Crippen molar-refractivity contribution in [3.05, 3.63) is 33.9 Å². The molecule has 1 rings (SSSR count). The summed E-state index contributed by atoms with van der Waals surface area (Å²) in [4.78, 5) is 32.2. The average molecular weight is 295 g/mol. The number of hydrogen-bond acceptors (Lipinski definition) is 5. The van der Waals surface area contributed by atoms with Crippen LogP contribution in [0.2, 0.25) is 0 Å². The number of nitrogens with two attached hydrogens (primary N) is 1. The van der Waals surface area contributed by atoms with Gasteiger partial charge in [0.25, 0.3) is 5.69 Å². The minimum atomic E-state index is -0.953. The van der Waals surface area contributed by atoms with Crippen LogP contribution in [0.1, 0.15) is 37.0 Å². The number of carboxylic acid groups (broad SMARTS) is 1. The van der Waals surface area contributed by atoms with Crippen molar-refractivity contribution >= 4 is 23.3 Å². The van der Waals surface area contributed by atoms with E-state index < -0.39 is 22.3 Å². The third-order valence-corrected chi connectivity index (χ3v) is 2.91. The van der Waals surface area contributed by atoms with Gasteiger partial charge in [0.15, 0.2) is 0 Å².